The Kier molecular flexibility index (Phi) is 4.33. The average Bonchev–Trinajstić information content (AvgIpc) is 2.38. The van der Waals surface area contributed by atoms with Crippen LogP contribution < -0.4 is 16.3 Å². The molecule has 0 fully saturated rings. The second kappa shape index (κ2) is 6.18. The van der Waals surface area contributed by atoms with Crippen LogP contribution in [0.5, 0.6) is 0 Å². The van der Waals surface area contributed by atoms with Crippen LogP contribution in [0.25, 0.3) is 11.0 Å². The third-order valence-corrected chi connectivity index (χ3v) is 2.56. The molecule has 0 amide bonds. The van der Waals surface area contributed by atoms with Gasteiger partial charge in [0.15, 0.2) is 0 Å². The van der Waals surface area contributed by atoms with Crippen LogP contribution in [0.2, 0.25) is 0 Å². The molecule has 0 aliphatic heterocycles. The number of aliphatic hydroxyl groups is 1. The van der Waals surface area contributed by atoms with Gasteiger partial charge in [-0.2, -0.15) is 0 Å². The van der Waals surface area contributed by atoms with Gasteiger partial charge >= 0.3 is 5.63 Å². The molecule has 0 atom stereocenters. The van der Waals surface area contributed by atoms with Gasteiger partial charge in [0, 0.05) is 31.1 Å². The zero-order valence-corrected chi connectivity index (χ0v) is 9.98. The number of aliphatic hydroxyl groups excluding tert-OH is 1. The van der Waals surface area contributed by atoms with Gasteiger partial charge in [-0.05, 0) is 12.1 Å². The molecule has 0 bridgehead atoms. The first-order valence-corrected chi connectivity index (χ1v) is 5.89. The summed E-state index contributed by atoms with van der Waals surface area (Å²) in [5.41, 5.74) is 0.989. The van der Waals surface area contributed by atoms with E-state index in [0.29, 0.717) is 18.7 Å². The smallest absolute Gasteiger partial charge is 0.338 e. The van der Waals surface area contributed by atoms with Crippen molar-refractivity contribution in [2.45, 2.75) is 0 Å². The maximum atomic E-state index is 11.4. The molecule has 0 saturated heterocycles. The van der Waals surface area contributed by atoms with E-state index >= 15 is 0 Å². The molecule has 1 heterocycles. The second-order valence-corrected chi connectivity index (χ2v) is 3.88. The van der Waals surface area contributed by atoms with Gasteiger partial charge < -0.3 is 20.2 Å². The predicted molar refractivity (Wildman–Crippen MR) is 70.9 cm³/mol. The van der Waals surface area contributed by atoms with E-state index < -0.39 is 0 Å². The molecule has 0 saturated carbocycles. The minimum absolute atomic E-state index is 0.123. The summed E-state index contributed by atoms with van der Waals surface area (Å²) >= 11 is 0. The minimum atomic E-state index is -0.362. The highest BCUT2D eigenvalue weighted by Gasteiger charge is 2.03. The fraction of sp³-hybridized carbons (Fsp3) is 0.308. The molecule has 5 nitrogen and oxygen atoms in total. The summed E-state index contributed by atoms with van der Waals surface area (Å²) in [6.45, 7) is 2.08. The molecule has 0 aliphatic rings. The topological polar surface area (TPSA) is 74.5 Å². The first-order chi connectivity index (χ1) is 8.81. The average molecular weight is 248 g/mol. The number of hydrogen-bond acceptors (Lipinski definition) is 5. The molecular weight excluding hydrogens is 232 g/mol. The first-order valence-electron chi connectivity index (χ1n) is 5.89. The molecule has 5 heteroatoms. The number of fused-ring (bicyclic) bond motifs is 1. The third-order valence-electron chi connectivity index (χ3n) is 2.56. The number of benzene rings is 1. The number of para-hydroxylation sites is 1. The van der Waals surface area contributed by atoms with E-state index in [-0.39, 0.29) is 12.2 Å². The molecule has 0 aliphatic carbocycles. The lowest BCUT2D eigenvalue weighted by Gasteiger charge is -2.08. The van der Waals surface area contributed by atoms with Crippen molar-refractivity contribution in [3.05, 3.63) is 40.8 Å². The van der Waals surface area contributed by atoms with Crippen LogP contribution in [0.1, 0.15) is 0 Å². The summed E-state index contributed by atoms with van der Waals surface area (Å²) in [5.74, 6) is 0. The lowest BCUT2D eigenvalue weighted by molar-refractivity contribution is 0.293. The van der Waals surface area contributed by atoms with Crippen molar-refractivity contribution in [3.8, 4) is 0 Å². The standard InChI is InChI=1S/C13H16N2O3/c16-8-7-14-5-6-15-11-9-13(17)18-12-4-2-1-3-10(11)12/h1-4,9,14-16H,5-8H2. The van der Waals surface area contributed by atoms with Crippen LogP contribution in [-0.2, 0) is 0 Å². The van der Waals surface area contributed by atoms with Crippen molar-refractivity contribution in [2.75, 3.05) is 31.6 Å². The lowest BCUT2D eigenvalue weighted by atomic mass is 10.2. The summed E-state index contributed by atoms with van der Waals surface area (Å²) in [5, 5.41) is 15.7. The maximum absolute atomic E-state index is 11.4. The van der Waals surface area contributed by atoms with E-state index in [1.54, 1.807) is 6.07 Å². The predicted octanol–water partition coefficient (Wildman–Crippen LogP) is 0.787. The normalized spacial score (nSPS) is 10.7. The maximum Gasteiger partial charge on any atom is 0.338 e. The number of rotatable bonds is 6. The molecule has 1 aromatic carbocycles. The number of anilines is 1. The SMILES string of the molecule is O=c1cc(NCCNCCO)c2ccccc2o1. The van der Waals surface area contributed by atoms with Crippen molar-refractivity contribution in [1.29, 1.82) is 0 Å². The van der Waals surface area contributed by atoms with Gasteiger partial charge in [0.05, 0.1) is 12.3 Å². The molecule has 3 N–H and O–H groups in total. The summed E-state index contributed by atoms with van der Waals surface area (Å²) in [7, 11) is 0. The largest absolute Gasteiger partial charge is 0.423 e. The monoisotopic (exact) mass is 248 g/mol. The van der Waals surface area contributed by atoms with Crippen molar-refractivity contribution < 1.29 is 9.52 Å². The van der Waals surface area contributed by atoms with E-state index in [2.05, 4.69) is 10.6 Å². The lowest BCUT2D eigenvalue weighted by Crippen LogP contribution is -2.25. The Hall–Kier alpha value is -1.85. The van der Waals surface area contributed by atoms with Crippen molar-refractivity contribution in [1.82, 2.24) is 5.32 Å². The van der Waals surface area contributed by atoms with Crippen LogP contribution in [0.15, 0.2) is 39.5 Å². The zero-order valence-electron chi connectivity index (χ0n) is 9.98. The summed E-state index contributed by atoms with van der Waals surface area (Å²) < 4.78 is 5.10. The molecule has 0 radical (unpaired) electrons. The number of nitrogens with one attached hydrogen (secondary N) is 2. The van der Waals surface area contributed by atoms with Crippen molar-refractivity contribution in [3.63, 3.8) is 0 Å². The van der Waals surface area contributed by atoms with Crippen LogP contribution in [0, 0.1) is 0 Å². The van der Waals surface area contributed by atoms with Gasteiger partial charge in [-0.15, -0.1) is 0 Å². The zero-order chi connectivity index (χ0) is 12.8. The molecule has 1 aromatic heterocycles. The Morgan fingerprint density at radius 2 is 2.00 bits per heavy atom. The Morgan fingerprint density at radius 3 is 2.83 bits per heavy atom. The van der Waals surface area contributed by atoms with Gasteiger partial charge in [-0.25, -0.2) is 4.79 Å². The summed E-state index contributed by atoms with van der Waals surface area (Å²) in [6, 6.07) is 8.86. The van der Waals surface area contributed by atoms with E-state index in [1.807, 2.05) is 18.2 Å². The molecular formula is C13H16N2O3. The molecule has 0 unspecified atom stereocenters. The van der Waals surface area contributed by atoms with Gasteiger partial charge in [0.1, 0.15) is 5.58 Å². The Balaban J connectivity index is 2.10. The van der Waals surface area contributed by atoms with Gasteiger partial charge in [-0.1, -0.05) is 12.1 Å². The van der Waals surface area contributed by atoms with E-state index in [4.69, 9.17) is 9.52 Å². The van der Waals surface area contributed by atoms with Crippen LogP contribution in [-0.4, -0.2) is 31.3 Å². The summed E-state index contributed by atoms with van der Waals surface area (Å²) in [6.07, 6.45) is 0. The van der Waals surface area contributed by atoms with Crippen LogP contribution in [0.3, 0.4) is 0 Å². The first kappa shape index (κ1) is 12.6. The van der Waals surface area contributed by atoms with E-state index in [0.717, 1.165) is 17.6 Å². The summed E-state index contributed by atoms with van der Waals surface area (Å²) in [4.78, 5) is 11.4. The highest BCUT2D eigenvalue weighted by atomic mass is 16.4. The van der Waals surface area contributed by atoms with E-state index in [1.165, 1.54) is 6.07 Å². The van der Waals surface area contributed by atoms with Crippen LogP contribution >= 0.6 is 0 Å². The molecule has 18 heavy (non-hydrogen) atoms. The highest BCUT2D eigenvalue weighted by molar-refractivity contribution is 5.89. The van der Waals surface area contributed by atoms with Gasteiger partial charge in [0.25, 0.3) is 0 Å². The highest BCUT2D eigenvalue weighted by Crippen LogP contribution is 2.20. The molecule has 2 rings (SSSR count). The second-order valence-electron chi connectivity index (χ2n) is 3.88. The fourth-order valence-corrected chi connectivity index (χ4v) is 1.75. The fourth-order valence-electron chi connectivity index (χ4n) is 1.75. The third kappa shape index (κ3) is 3.09. The Bertz CT molecular complexity index is 565. The van der Waals surface area contributed by atoms with Gasteiger partial charge in [0.2, 0.25) is 0 Å². The van der Waals surface area contributed by atoms with E-state index in [9.17, 15) is 4.79 Å². The quantitative estimate of drug-likeness (QED) is 0.520. The minimum Gasteiger partial charge on any atom is -0.423 e. The van der Waals surface area contributed by atoms with Crippen LogP contribution in [0.4, 0.5) is 5.69 Å². The Labute approximate surface area is 104 Å². The van der Waals surface area contributed by atoms with Crippen molar-refractivity contribution >= 4 is 16.7 Å². The molecule has 96 valence electrons. The molecule has 0 spiro atoms. The van der Waals surface area contributed by atoms with Crippen molar-refractivity contribution in [2.24, 2.45) is 0 Å². The number of hydrogen-bond donors (Lipinski definition) is 3. The molecule has 2 aromatic rings. The Morgan fingerprint density at radius 1 is 1.17 bits per heavy atom. The van der Waals surface area contributed by atoms with Gasteiger partial charge in [-0.3, -0.25) is 0 Å².